The van der Waals surface area contributed by atoms with Crippen LogP contribution in [0.4, 0.5) is 4.39 Å². The van der Waals surface area contributed by atoms with Crippen LogP contribution in [0.3, 0.4) is 0 Å². The molecule has 0 N–H and O–H groups in total. The number of likely N-dealkylation sites (tertiary alicyclic amines) is 1. The van der Waals surface area contributed by atoms with Crippen molar-refractivity contribution in [2.45, 2.75) is 26.3 Å². The number of esters is 1. The van der Waals surface area contributed by atoms with E-state index in [1.165, 1.54) is 24.9 Å². The molecular weight excluding hydrogens is 491 g/mol. The molecule has 198 valence electrons. The highest BCUT2D eigenvalue weighted by Crippen LogP contribution is 2.39. The fraction of sp³-hybridized carbons (Fsp3) is 0.370. The largest absolute Gasteiger partial charge is 0.465 e. The number of ether oxygens (including phenoxy) is 1. The Morgan fingerprint density at radius 1 is 1.16 bits per heavy atom. The fourth-order valence-corrected chi connectivity index (χ4v) is 4.91. The first-order valence-electron chi connectivity index (χ1n) is 12.4. The van der Waals surface area contributed by atoms with Crippen LogP contribution < -0.4 is 0 Å². The molecule has 0 radical (unpaired) electrons. The zero-order chi connectivity index (χ0) is 27.1. The Labute approximate surface area is 218 Å². The number of hydrogen-bond acceptors (Lipinski definition) is 6. The van der Waals surface area contributed by atoms with Gasteiger partial charge in [0.2, 0.25) is 11.8 Å². The predicted molar refractivity (Wildman–Crippen MR) is 139 cm³/mol. The van der Waals surface area contributed by atoms with Gasteiger partial charge in [0.1, 0.15) is 18.9 Å². The lowest BCUT2D eigenvalue weighted by Gasteiger charge is -2.38. The number of amides is 2. The van der Waals surface area contributed by atoms with Crippen LogP contribution in [0.1, 0.15) is 25.5 Å². The van der Waals surface area contributed by atoms with E-state index in [9.17, 15) is 14.4 Å². The van der Waals surface area contributed by atoms with E-state index in [1.54, 1.807) is 40.5 Å². The number of carbonyl (C=O) groups is 3. The normalized spacial score (nSPS) is 13.7. The maximum atomic E-state index is 15.4. The predicted octanol–water partition coefficient (Wildman–Crippen LogP) is 2.70. The van der Waals surface area contributed by atoms with Gasteiger partial charge in [-0.2, -0.15) is 10.2 Å². The molecule has 0 bridgehead atoms. The lowest BCUT2D eigenvalue weighted by molar-refractivity contribution is -0.148. The average molecular weight is 521 g/mol. The Hall–Kier alpha value is -4.28. The molecule has 0 spiro atoms. The zero-order valence-electron chi connectivity index (χ0n) is 21.8. The van der Waals surface area contributed by atoms with Crippen LogP contribution in [0.2, 0.25) is 0 Å². The van der Waals surface area contributed by atoms with Gasteiger partial charge in [0.15, 0.2) is 0 Å². The summed E-state index contributed by atoms with van der Waals surface area (Å²) in [5.41, 5.74) is 3.22. The van der Waals surface area contributed by atoms with Crippen molar-refractivity contribution in [3.8, 4) is 11.1 Å². The quantitative estimate of drug-likeness (QED) is 0.347. The Morgan fingerprint density at radius 3 is 2.63 bits per heavy atom. The van der Waals surface area contributed by atoms with Gasteiger partial charge in [-0.3, -0.25) is 23.7 Å². The summed E-state index contributed by atoms with van der Waals surface area (Å²) in [7, 11) is 3.34. The third-order valence-corrected chi connectivity index (χ3v) is 7.03. The molecule has 11 heteroatoms. The van der Waals surface area contributed by atoms with Crippen molar-refractivity contribution in [2.75, 3.05) is 33.3 Å². The van der Waals surface area contributed by atoms with E-state index in [2.05, 4.69) is 5.10 Å². The van der Waals surface area contributed by atoms with Crippen molar-refractivity contribution in [1.29, 1.82) is 0 Å². The topological polar surface area (TPSA) is 103 Å². The summed E-state index contributed by atoms with van der Waals surface area (Å²) < 4.78 is 23.7. The number of aromatic nitrogens is 4. The van der Waals surface area contributed by atoms with Crippen LogP contribution in [0, 0.1) is 5.82 Å². The molecule has 0 unspecified atom stereocenters. The molecule has 0 atom stereocenters. The molecule has 1 saturated heterocycles. The molecule has 0 aliphatic carbocycles. The molecule has 2 aromatic carbocycles. The highest BCUT2D eigenvalue weighted by Gasteiger charge is 2.34. The molecule has 5 rings (SSSR count). The second kappa shape index (κ2) is 9.88. The first-order chi connectivity index (χ1) is 18.2. The van der Waals surface area contributed by atoms with E-state index >= 15 is 4.39 Å². The second-order valence-corrected chi connectivity index (χ2v) is 9.58. The first-order valence-corrected chi connectivity index (χ1v) is 12.4. The van der Waals surface area contributed by atoms with E-state index in [0.29, 0.717) is 40.8 Å². The molecule has 4 aromatic rings. The molecule has 38 heavy (non-hydrogen) atoms. The van der Waals surface area contributed by atoms with Crippen molar-refractivity contribution < 1.29 is 23.5 Å². The minimum absolute atomic E-state index is 0.0197. The van der Waals surface area contributed by atoms with Crippen molar-refractivity contribution in [3.05, 3.63) is 48.0 Å². The Kier molecular flexibility index (Phi) is 6.60. The van der Waals surface area contributed by atoms with Crippen LogP contribution in [0.25, 0.3) is 32.9 Å². The summed E-state index contributed by atoms with van der Waals surface area (Å²) in [4.78, 5) is 39.7. The van der Waals surface area contributed by atoms with Gasteiger partial charge >= 0.3 is 5.97 Å². The lowest BCUT2D eigenvalue weighted by Crippen LogP contribution is -2.47. The number of likely N-dealkylation sites (N-methyl/N-ethyl adjacent to an activating group) is 1. The summed E-state index contributed by atoms with van der Waals surface area (Å²) in [6.45, 7) is 4.17. The molecule has 1 aliphatic heterocycles. The van der Waals surface area contributed by atoms with Gasteiger partial charge in [0.25, 0.3) is 0 Å². The molecule has 2 aromatic heterocycles. The minimum atomic E-state index is -0.489. The molecule has 3 heterocycles. The maximum absolute atomic E-state index is 15.4. The molecule has 1 aliphatic rings. The third kappa shape index (κ3) is 4.48. The van der Waals surface area contributed by atoms with Crippen LogP contribution in [0.5, 0.6) is 0 Å². The summed E-state index contributed by atoms with van der Waals surface area (Å²) in [5, 5.41) is 10.5. The second-order valence-electron chi connectivity index (χ2n) is 9.58. The Morgan fingerprint density at radius 2 is 1.92 bits per heavy atom. The SMILES string of the molecule is CCOC(=O)CN(C)C(=O)Cn1nc(C2CN(C(C)=O)C2)c2c(-c3cc4c(cnn4C)cc3F)cccc21. The van der Waals surface area contributed by atoms with Gasteiger partial charge < -0.3 is 14.5 Å². The highest BCUT2D eigenvalue weighted by molar-refractivity contribution is 6.00. The standard InChI is InChI=1S/C27H29FN6O4/c1-5-38-25(37)15-31(3)24(36)14-34-22-8-6-7-19(20-10-23-17(9-21(20)28)11-29-32(23)4)26(22)27(30-34)18-12-33(13-18)16(2)35/h6-11,18H,5,12-15H2,1-4H3. The van der Waals surface area contributed by atoms with Gasteiger partial charge in [-0.15, -0.1) is 0 Å². The summed E-state index contributed by atoms with van der Waals surface area (Å²) in [6.07, 6.45) is 1.62. The number of nitrogens with zero attached hydrogens (tertiary/aromatic N) is 6. The van der Waals surface area contributed by atoms with Crippen LogP contribution in [-0.2, 0) is 32.7 Å². The maximum Gasteiger partial charge on any atom is 0.325 e. The molecule has 10 nitrogen and oxygen atoms in total. The van der Waals surface area contributed by atoms with E-state index in [1.807, 2.05) is 18.2 Å². The number of halogens is 1. The number of benzene rings is 2. The van der Waals surface area contributed by atoms with Gasteiger partial charge in [-0.05, 0) is 30.7 Å². The van der Waals surface area contributed by atoms with Crippen molar-refractivity contribution >= 4 is 39.6 Å². The molecule has 0 saturated carbocycles. The van der Waals surface area contributed by atoms with E-state index in [0.717, 1.165) is 10.9 Å². The lowest BCUT2D eigenvalue weighted by atomic mass is 9.90. The number of rotatable bonds is 7. The minimum Gasteiger partial charge on any atom is -0.465 e. The van der Waals surface area contributed by atoms with Crippen LogP contribution >= 0.6 is 0 Å². The number of hydrogen-bond donors (Lipinski definition) is 0. The monoisotopic (exact) mass is 520 g/mol. The van der Waals surface area contributed by atoms with Gasteiger partial charge in [0, 0.05) is 56.4 Å². The number of aryl methyl sites for hydroxylation is 1. The van der Waals surface area contributed by atoms with Crippen molar-refractivity contribution in [2.24, 2.45) is 7.05 Å². The van der Waals surface area contributed by atoms with E-state index in [-0.39, 0.29) is 43.2 Å². The van der Waals surface area contributed by atoms with E-state index < -0.39 is 5.97 Å². The summed E-state index contributed by atoms with van der Waals surface area (Å²) >= 11 is 0. The highest BCUT2D eigenvalue weighted by atomic mass is 19.1. The van der Waals surface area contributed by atoms with Crippen molar-refractivity contribution in [1.82, 2.24) is 29.4 Å². The summed E-state index contributed by atoms with van der Waals surface area (Å²) in [6, 6.07) is 8.73. The van der Waals surface area contributed by atoms with Crippen LogP contribution in [-0.4, -0.2) is 80.4 Å². The van der Waals surface area contributed by atoms with Crippen LogP contribution in [0.15, 0.2) is 36.5 Å². The number of fused-ring (bicyclic) bond motifs is 2. The smallest absolute Gasteiger partial charge is 0.325 e. The Balaban J connectivity index is 1.59. The molecule has 2 amide bonds. The van der Waals surface area contributed by atoms with Gasteiger partial charge in [0.05, 0.1) is 29.5 Å². The van der Waals surface area contributed by atoms with Gasteiger partial charge in [-0.25, -0.2) is 4.39 Å². The third-order valence-electron chi connectivity index (χ3n) is 7.03. The van der Waals surface area contributed by atoms with Crippen molar-refractivity contribution in [3.63, 3.8) is 0 Å². The first kappa shape index (κ1) is 25.4. The zero-order valence-corrected chi connectivity index (χ0v) is 21.8. The molecule has 1 fully saturated rings. The Bertz CT molecular complexity index is 1570. The number of carbonyl (C=O) groups excluding carboxylic acids is 3. The average Bonchev–Trinajstić information content (AvgIpc) is 3.37. The van der Waals surface area contributed by atoms with Gasteiger partial charge in [-0.1, -0.05) is 12.1 Å². The molecular formula is C27H29FN6O4. The summed E-state index contributed by atoms with van der Waals surface area (Å²) in [5.74, 6) is -1.27. The van der Waals surface area contributed by atoms with E-state index in [4.69, 9.17) is 9.84 Å². The fourth-order valence-electron chi connectivity index (χ4n) is 4.91.